The summed E-state index contributed by atoms with van der Waals surface area (Å²) in [6, 6.07) is 10.2. The average molecular weight is 365 g/mol. The van der Waals surface area contributed by atoms with Gasteiger partial charge in [0.2, 0.25) is 0 Å². The summed E-state index contributed by atoms with van der Waals surface area (Å²) in [5.41, 5.74) is 4.38. The van der Waals surface area contributed by atoms with Gasteiger partial charge in [0.15, 0.2) is 0 Å². The summed E-state index contributed by atoms with van der Waals surface area (Å²) in [7, 11) is 0. The third-order valence-corrected chi connectivity index (χ3v) is 4.31. The fraction of sp³-hybridized carbons (Fsp3) is 0.250. The van der Waals surface area contributed by atoms with Crippen molar-refractivity contribution < 1.29 is 0 Å². The van der Waals surface area contributed by atoms with Crippen LogP contribution < -0.4 is 0 Å². The Labute approximate surface area is 137 Å². The van der Waals surface area contributed by atoms with E-state index in [2.05, 4.69) is 49.5 Å². The molecular formula is C16H15BrClN3. The predicted octanol–water partition coefficient (Wildman–Crippen LogP) is 4.54. The molecule has 0 N–H and O–H groups in total. The molecule has 0 unspecified atom stereocenters. The summed E-state index contributed by atoms with van der Waals surface area (Å²) in [4.78, 5) is 9.14. The molecule has 5 heteroatoms. The average Bonchev–Trinajstić information content (AvgIpc) is 2.84. The Balaban J connectivity index is 2.11. The largest absolute Gasteiger partial charge is 0.321 e. The number of nitrogens with zero attached hydrogens (tertiary/aromatic N) is 3. The Kier molecular flexibility index (Phi) is 4.27. The third kappa shape index (κ3) is 2.83. The van der Waals surface area contributed by atoms with E-state index in [0.29, 0.717) is 12.4 Å². The number of aryl methyl sites for hydroxylation is 1. The molecule has 0 saturated carbocycles. The zero-order valence-electron chi connectivity index (χ0n) is 11.7. The number of hydrogen-bond donors (Lipinski definition) is 0. The maximum Gasteiger partial charge on any atom is 0.125 e. The van der Waals surface area contributed by atoms with Crippen molar-refractivity contribution in [3.8, 4) is 0 Å². The highest BCUT2D eigenvalue weighted by atomic mass is 79.9. The molecule has 3 rings (SSSR count). The molecule has 108 valence electrons. The minimum absolute atomic E-state index is 0.389. The van der Waals surface area contributed by atoms with Crippen molar-refractivity contribution in [1.29, 1.82) is 0 Å². The Morgan fingerprint density at radius 1 is 1.29 bits per heavy atom. The molecule has 0 aliphatic heterocycles. The van der Waals surface area contributed by atoms with Gasteiger partial charge >= 0.3 is 0 Å². The number of aromatic nitrogens is 3. The lowest BCUT2D eigenvalue weighted by molar-refractivity contribution is 0.747. The summed E-state index contributed by atoms with van der Waals surface area (Å²) >= 11 is 9.55. The Morgan fingerprint density at radius 3 is 2.90 bits per heavy atom. The van der Waals surface area contributed by atoms with Crippen molar-refractivity contribution in [3.63, 3.8) is 0 Å². The van der Waals surface area contributed by atoms with Crippen LogP contribution in [0.1, 0.15) is 24.0 Å². The minimum atomic E-state index is 0.389. The molecule has 0 aliphatic carbocycles. The highest BCUT2D eigenvalue weighted by Crippen LogP contribution is 2.23. The van der Waals surface area contributed by atoms with Gasteiger partial charge in [-0.3, -0.25) is 4.98 Å². The van der Waals surface area contributed by atoms with E-state index < -0.39 is 0 Å². The molecule has 0 saturated heterocycles. The predicted molar refractivity (Wildman–Crippen MR) is 89.7 cm³/mol. The van der Waals surface area contributed by atoms with E-state index in [1.807, 2.05) is 24.4 Å². The van der Waals surface area contributed by atoms with Gasteiger partial charge in [-0.1, -0.05) is 28.9 Å². The van der Waals surface area contributed by atoms with Crippen LogP contribution >= 0.6 is 27.5 Å². The molecular weight excluding hydrogens is 350 g/mol. The molecule has 1 aromatic carbocycles. The van der Waals surface area contributed by atoms with E-state index in [1.54, 1.807) is 0 Å². The van der Waals surface area contributed by atoms with Crippen LogP contribution in [0.3, 0.4) is 0 Å². The van der Waals surface area contributed by atoms with Gasteiger partial charge in [-0.25, -0.2) is 4.98 Å². The van der Waals surface area contributed by atoms with E-state index >= 15 is 0 Å². The van der Waals surface area contributed by atoms with E-state index in [1.165, 1.54) is 5.56 Å². The van der Waals surface area contributed by atoms with Crippen LogP contribution in [0.2, 0.25) is 0 Å². The fourth-order valence-electron chi connectivity index (χ4n) is 2.52. The van der Waals surface area contributed by atoms with Gasteiger partial charge in [0.05, 0.1) is 29.2 Å². The summed E-state index contributed by atoms with van der Waals surface area (Å²) in [5.74, 6) is 1.26. The van der Waals surface area contributed by atoms with Crippen molar-refractivity contribution in [2.24, 2.45) is 0 Å². The molecule has 0 amide bonds. The van der Waals surface area contributed by atoms with Crippen LogP contribution in [-0.2, 0) is 18.8 Å². The molecule has 3 nitrogen and oxygen atoms in total. The van der Waals surface area contributed by atoms with E-state index in [9.17, 15) is 0 Å². The molecule has 0 bridgehead atoms. The Hall–Kier alpha value is -1.39. The SMILES string of the molecule is CCc1cccnc1Cn1c(CCl)nc2cc(Br)ccc21. The lowest BCUT2D eigenvalue weighted by Gasteiger charge is -2.10. The topological polar surface area (TPSA) is 30.7 Å². The number of pyridine rings is 1. The van der Waals surface area contributed by atoms with Crippen LogP contribution in [0.5, 0.6) is 0 Å². The number of fused-ring (bicyclic) bond motifs is 1. The molecule has 2 aromatic heterocycles. The van der Waals surface area contributed by atoms with Crippen LogP contribution in [0, 0.1) is 0 Å². The Bertz CT molecular complexity index is 782. The maximum atomic E-state index is 6.07. The van der Waals surface area contributed by atoms with Crippen molar-refractivity contribution in [1.82, 2.24) is 14.5 Å². The fourth-order valence-corrected chi connectivity index (χ4v) is 3.07. The lowest BCUT2D eigenvalue weighted by Crippen LogP contribution is -2.07. The molecule has 2 heterocycles. The molecule has 21 heavy (non-hydrogen) atoms. The third-order valence-electron chi connectivity index (χ3n) is 3.58. The van der Waals surface area contributed by atoms with E-state index in [4.69, 9.17) is 11.6 Å². The first-order valence-electron chi connectivity index (χ1n) is 6.86. The smallest absolute Gasteiger partial charge is 0.125 e. The molecule has 0 spiro atoms. The quantitative estimate of drug-likeness (QED) is 0.636. The van der Waals surface area contributed by atoms with Crippen molar-refractivity contribution >= 4 is 38.6 Å². The molecule has 0 aliphatic rings. The lowest BCUT2D eigenvalue weighted by atomic mass is 10.1. The van der Waals surface area contributed by atoms with Crippen LogP contribution in [0.15, 0.2) is 41.0 Å². The summed E-state index contributed by atoms with van der Waals surface area (Å²) in [6.07, 6.45) is 2.81. The normalized spacial score (nSPS) is 11.2. The minimum Gasteiger partial charge on any atom is -0.321 e. The van der Waals surface area contributed by atoms with Gasteiger partial charge in [0.1, 0.15) is 5.82 Å². The number of imidazole rings is 1. The number of rotatable bonds is 4. The second-order valence-corrected chi connectivity index (χ2v) is 6.03. The summed E-state index contributed by atoms with van der Waals surface area (Å²) in [5, 5.41) is 0. The first kappa shape index (κ1) is 14.5. The first-order valence-corrected chi connectivity index (χ1v) is 8.19. The first-order chi connectivity index (χ1) is 10.2. The zero-order valence-corrected chi connectivity index (χ0v) is 14.0. The highest BCUT2D eigenvalue weighted by molar-refractivity contribution is 9.10. The van der Waals surface area contributed by atoms with Gasteiger partial charge < -0.3 is 4.57 Å². The molecule has 0 fully saturated rings. The second kappa shape index (κ2) is 6.16. The van der Waals surface area contributed by atoms with Crippen LogP contribution in [-0.4, -0.2) is 14.5 Å². The molecule has 3 aromatic rings. The molecule has 0 atom stereocenters. The second-order valence-electron chi connectivity index (χ2n) is 4.84. The van der Waals surface area contributed by atoms with Crippen molar-refractivity contribution in [3.05, 3.63) is 58.1 Å². The summed E-state index contributed by atoms with van der Waals surface area (Å²) in [6.45, 7) is 2.84. The van der Waals surface area contributed by atoms with Crippen molar-refractivity contribution in [2.45, 2.75) is 25.8 Å². The van der Waals surface area contributed by atoms with Crippen LogP contribution in [0.25, 0.3) is 11.0 Å². The number of halogens is 2. The van der Waals surface area contributed by atoms with Gasteiger partial charge in [0.25, 0.3) is 0 Å². The van der Waals surface area contributed by atoms with Crippen LogP contribution in [0.4, 0.5) is 0 Å². The maximum absolute atomic E-state index is 6.07. The number of benzene rings is 1. The van der Waals surface area contributed by atoms with Gasteiger partial charge in [0, 0.05) is 10.7 Å². The summed E-state index contributed by atoms with van der Waals surface area (Å²) < 4.78 is 3.17. The van der Waals surface area contributed by atoms with Gasteiger partial charge in [-0.15, -0.1) is 11.6 Å². The van der Waals surface area contributed by atoms with Gasteiger partial charge in [-0.05, 0) is 36.2 Å². The standard InChI is InChI=1S/C16H15BrClN3/c1-2-11-4-3-7-19-14(11)10-21-15-6-5-12(17)8-13(15)20-16(21)9-18/h3-8H,2,9-10H2,1H3. The Morgan fingerprint density at radius 2 is 2.14 bits per heavy atom. The monoisotopic (exact) mass is 363 g/mol. The number of alkyl halides is 1. The van der Waals surface area contributed by atoms with E-state index in [0.717, 1.165) is 33.4 Å². The molecule has 0 radical (unpaired) electrons. The van der Waals surface area contributed by atoms with Gasteiger partial charge in [-0.2, -0.15) is 0 Å². The number of hydrogen-bond acceptors (Lipinski definition) is 2. The zero-order chi connectivity index (χ0) is 14.8. The highest BCUT2D eigenvalue weighted by Gasteiger charge is 2.12. The van der Waals surface area contributed by atoms with E-state index in [-0.39, 0.29) is 0 Å². The van der Waals surface area contributed by atoms with Crippen molar-refractivity contribution in [2.75, 3.05) is 0 Å².